The first-order valence-electron chi connectivity index (χ1n) is 5.43. The van der Waals surface area contributed by atoms with Crippen LogP contribution in [0.15, 0.2) is 57.9 Å². The third-order valence-corrected chi connectivity index (χ3v) is 2.78. The summed E-state index contributed by atoms with van der Waals surface area (Å²) in [5.74, 6) is 0.266. The summed E-state index contributed by atoms with van der Waals surface area (Å²) >= 11 is 0. The van der Waals surface area contributed by atoms with Gasteiger partial charge in [-0.2, -0.15) is 0 Å². The van der Waals surface area contributed by atoms with Crippen molar-refractivity contribution in [3.8, 4) is 5.69 Å². The third-order valence-electron chi connectivity index (χ3n) is 2.78. The van der Waals surface area contributed by atoms with Crippen LogP contribution in [0, 0.1) is 6.92 Å². The summed E-state index contributed by atoms with van der Waals surface area (Å²) in [6.07, 6.45) is 1.71. The van der Waals surface area contributed by atoms with Crippen molar-refractivity contribution >= 4 is 10.8 Å². The Morgan fingerprint density at radius 1 is 1.06 bits per heavy atom. The molecule has 0 spiro atoms. The zero-order valence-corrected chi connectivity index (χ0v) is 9.38. The van der Waals surface area contributed by atoms with E-state index in [0.29, 0.717) is 5.76 Å². The number of nitrogens with zero attached hydrogens (tertiary/aromatic N) is 1. The number of aromatic nitrogens is 1. The van der Waals surface area contributed by atoms with E-state index in [1.807, 2.05) is 42.5 Å². The zero-order valence-electron chi connectivity index (χ0n) is 9.38. The fraction of sp³-hybridized carbons (Fsp3) is 0.0714. The molecule has 0 saturated heterocycles. The van der Waals surface area contributed by atoms with Gasteiger partial charge in [0, 0.05) is 5.39 Å². The first-order valence-corrected chi connectivity index (χ1v) is 5.43. The molecule has 1 aromatic heterocycles. The highest BCUT2D eigenvalue weighted by Crippen LogP contribution is 2.21. The number of fused-ring (bicyclic) bond motifs is 1. The molecule has 0 N–H and O–H groups in total. The molecule has 0 bridgehead atoms. The monoisotopic (exact) mass is 225 g/mol. The van der Waals surface area contributed by atoms with E-state index >= 15 is 0 Å². The van der Waals surface area contributed by atoms with Crippen molar-refractivity contribution in [2.24, 2.45) is 0 Å². The third kappa shape index (κ3) is 1.56. The molecule has 0 aliphatic carbocycles. The van der Waals surface area contributed by atoms with Gasteiger partial charge in [0.25, 0.3) is 0 Å². The van der Waals surface area contributed by atoms with Gasteiger partial charge >= 0.3 is 5.76 Å². The largest absolute Gasteiger partial charge is 0.423 e. The van der Waals surface area contributed by atoms with Crippen molar-refractivity contribution in [2.45, 2.75) is 6.92 Å². The van der Waals surface area contributed by atoms with Crippen LogP contribution < -0.4 is 5.76 Å². The van der Waals surface area contributed by atoms with Crippen LogP contribution in [0.4, 0.5) is 0 Å². The predicted octanol–water partition coefficient (Wildman–Crippen LogP) is 2.89. The van der Waals surface area contributed by atoms with Crippen LogP contribution in [-0.4, -0.2) is 4.57 Å². The Hall–Kier alpha value is -2.29. The van der Waals surface area contributed by atoms with Gasteiger partial charge in [0.2, 0.25) is 0 Å². The van der Waals surface area contributed by atoms with Crippen molar-refractivity contribution in [3.63, 3.8) is 0 Å². The quantitative estimate of drug-likeness (QED) is 0.638. The molecule has 84 valence electrons. The molecule has 3 heteroatoms. The van der Waals surface area contributed by atoms with Gasteiger partial charge in [-0.3, -0.25) is 0 Å². The Morgan fingerprint density at radius 2 is 1.82 bits per heavy atom. The van der Waals surface area contributed by atoms with Gasteiger partial charge < -0.3 is 4.42 Å². The van der Waals surface area contributed by atoms with Crippen molar-refractivity contribution in [1.82, 2.24) is 4.57 Å². The molecule has 2 aromatic carbocycles. The number of aryl methyl sites for hydroxylation is 1. The number of hydrogen-bond acceptors (Lipinski definition) is 2. The molecule has 3 rings (SSSR count). The summed E-state index contributed by atoms with van der Waals surface area (Å²) in [5, 5.41) is 2.15. The zero-order chi connectivity index (χ0) is 11.8. The van der Waals surface area contributed by atoms with Gasteiger partial charge in [0.15, 0.2) is 0 Å². The molecule has 0 saturated carbocycles. The maximum absolute atomic E-state index is 11.7. The standard InChI is InChI=1S/C14H11NO2/c1-10-9-15(14(16)17-10)13-8-4-6-11-5-2-3-7-12(11)13/h2-9H,1H3. The minimum atomic E-state index is -0.348. The van der Waals surface area contributed by atoms with Gasteiger partial charge in [0.05, 0.1) is 11.9 Å². The SMILES string of the molecule is Cc1cn(-c2cccc3ccccc23)c(=O)o1. The summed E-state index contributed by atoms with van der Waals surface area (Å²) < 4.78 is 6.56. The highest BCUT2D eigenvalue weighted by Gasteiger charge is 2.07. The molecule has 3 nitrogen and oxygen atoms in total. The van der Waals surface area contributed by atoms with Crippen molar-refractivity contribution in [1.29, 1.82) is 0 Å². The molecule has 0 unspecified atom stereocenters. The molecule has 0 amide bonds. The second-order valence-corrected chi connectivity index (χ2v) is 3.98. The lowest BCUT2D eigenvalue weighted by Crippen LogP contribution is -2.10. The Balaban J connectivity index is 2.38. The Labute approximate surface area is 97.9 Å². The van der Waals surface area contributed by atoms with Crippen LogP contribution in [0.2, 0.25) is 0 Å². The average molecular weight is 225 g/mol. The Morgan fingerprint density at radius 3 is 2.59 bits per heavy atom. The van der Waals surface area contributed by atoms with Crippen LogP contribution in [-0.2, 0) is 0 Å². The summed E-state index contributed by atoms with van der Waals surface area (Å²) in [7, 11) is 0. The maximum Gasteiger partial charge on any atom is 0.423 e. The normalized spacial score (nSPS) is 10.9. The number of hydrogen-bond donors (Lipinski definition) is 0. The second-order valence-electron chi connectivity index (χ2n) is 3.98. The van der Waals surface area contributed by atoms with Crippen molar-refractivity contribution in [3.05, 3.63) is 65.0 Å². The summed E-state index contributed by atoms with van der Waals surface area (Å²) in [6, 6.07) is 13.8. The highest BCUT2D eigenvalue weighted by atomic mass is 16.4. The van der Waals surface area contributed by atoms with Gasteiger partial charge in [-0.1, -0.05) is 36.4 Å². The van der Waals surface area contributed by atoms with Crippen LogP contribution in [0.25, 0.3) is 16.5 Å². The molecule has 0 fully saturated rings. The lowest BCUT2D eigenvalue weighted by Gasteiger charge is -2.05. The Kier molecular flexibility index (Phi) is 2.11. The van der Waals surface area contributed by atoms with E-state index in [9.17, 15) is 4.79 Å². The van der Waals surface area contributed by atoms with Crippen LogP contribution >= 0.6 is 0 Å². The molecular weight excluding hydrogens is 214 g/mol. The van der Waals surface area contributed by atoms with E-state index in [-0.39, 0.29) is 5.76 Å². The number of benzene rings is 2. The van der Waals surface area contributed by atoms with Crippen LogP contribution in [0.5, 0.6) is 0 Å². The van der Waals surface area contributed by atoms with E-state index in [2.05, 4.69) is 0 Å². The molecule has 3 aromatic rings. The number of oxazole rings is 1. The van der Waals surface area contributed by atoms with Crippen LogP contribution in [0.3, 0.4) is 0 Å². The minimum Gasteiger partial charge on any atom is -0.413 e. The predicted molar refractivity (Wildman–Crippen MR) is 66.5 cm³/mol. The van der Waals surface area contributed by atoms with E-state index in [4.69, 9.17) is 4.42 Å². The minimum absolute atomic E-state index is 0.348. The van der Waals surface area contributed by atoms with Gasteiger partial charge in [0.1, 0.15) is 5.76 Å². The summed E-state index contributed by atoms with van der Waals surface area (Å²) in [4.78, 5) is 11.7. The molecule has 1 heterocycles. The van der Waals surface area contributed by atoms with E-state index in [0.717, 1.165) is 16.5 Å². The maximum atomic E-state index is 11.7. The lowest BCUT2D eigenvalue weighted by molar-refractivity contribution is 0.479. The average Bonchev–Trinajstić information content (AvgIpc) is 2.68. The van der Waals surface area contributed by atoms with Crippen molar-refractivity contribution < 1.29 is 4.42 Å². The molecule has 17 heavy (non-hydrogen) atoms. The molecule has 0 radical (unpaired) electrons. The van der Waals surface area contributed by atoms with Crippen LogP contribution in [0.1, 0.15) is 5.76 Å². The molecular formula is C14H11NO2. The molecule has 0 aliphatic heterocycles. The second kappa shape index (κ2) is 3.63. The first-order chi connectivity index (χ1) is 8.25. The summed E-state index contributed by atoms with van der Waals surface area (Å²) in [6.45, 7) is 1.77. The summed E-state index contributed by atoms with van der Waals surface area (Å²) in [5.41, 5.74) is 0.852. The van der Waals surface area contributed by atoms with Gasteiger partial charge in [-0.15, -0.1) is 0 Å². The van der Waals surface area contributed by atoms with Gasteiger partial charge in [-0.25, -0.2) is 9.36 Å². The fourth-order valence-corrected chi connectivity index (χ4v) is 2.03. The lowest BCUT2D eigenvalue weighted by atomic mass is 10.1. The van der Waals surface area contributed by atoms with E-state index < -0.39 is 0 Å². The topological polar surface area (TPSA) is 35.1 Å². The van der Waals surface area contributed by atoms with E-state index in [1.54, 1.807) is 13.1 Å². The highest BCUT2D eigenvalue weighted by molar-refractivity contribution is 5.90. The fourth-order valence-electron chi connectivity index (χ4n) is 2.03. The van der Waals surface area contributed by atoms with Crippen molar-refractivity contribution in [2.75, 3.05) is 0 Å². The number of rotatable bonds is 1. The Bertz CT molecular complexity index is 732. The molecule has 0 aliphatic rings. The first kappa shape index (κ1) is 9.90. The molecule has 0 atom stereocenters. The van der Waals surface area contributed by atoms with E-state index in [1.165, 1.54) is 4.57 Å². The smallest absolute Gasteiger partial charge is 0.413 e. The van der Waals surface area contributed by atoms with Gasteiger partial charge in [-0.05, 0) is 18.4 Å².